The molecule has 2 heterocycles. The molecule has 1 fully saturated rings. The molecule has 18 heavy (non-hydrogen) atoms. The van der Waals surface area contributed by atoms with Crippen molar-refractivity contribution in [2.75, 3.05) is 6.54 Å². The molecule has 2 N–H and O–H groups in total. The summed E-state index contributed by atoms with van der Waals surface area (Å²) in [7, 11) is 0. The number of aromatic nitrogens is 2. The number of carboxylic acids is 1. The average molecular weight is 267 g/mol. The largest absolute Gasteiger partial charge is 0.490 e. The van der Waals surface area contributed by atoms with Crippen molar-refractivity contribution in [1.29, 1.82) is 0 Å². The molecule has 2 rings (SSSR count). The first-order chi connectivity index (χ1) is 8.30. The lowest BCUT2D eigenvalue weighted by molar-refractivity contribution is -0.192. The lowest BCUT2D eigenvalue weighted by Gasteiger charge is -2.00. The van der Waals surface area contributed by atoms with Crippen LogP contribution < -0.4 is 5.32 Å². The average Bonchev–Trinajstić information content (AvgIpc) is 2.86. The highest BCUT2D eigenvalue weighted by atomic mass is 19.4. The van der Waals surface area contributed by atoms with Crippen molar-refractivity contribution < 1.29 is 27.6 Å². The second-order valence-corrected chi connectivity index (χ2v) is 3.63. The van der Waals surface area contributed by atoms with Crippen LogP contribution in [0.15, 0.2) is 4.52 Å². The van der Waals surface area contributed by atoms with Gasteiger partial charge in [-0.3, -0.25) is 0 Å². The van der Waals surface area contributed by atoms with Crippen LogP contribution in [0.3, 0.4) is 0 Å². The van der Waals surface area contributed by atoms with Gasteiger partial charge in [-0.25, -0.2) is 4.79 Å². The summed E-state index contributed by atoms with van der Waals surface area (Å²) in [6.07, 6.45) is -2.77. The molecule has 0 aromatic carbocycles. The predicted molar refractivity (Wildman–Crippen MR) is 52.7 cm³/mol. The van der Waals surface area contributed by atoms with Gasteiger partial charge in [0.05, 0.1) is 6.04 Å². The molecule has 1 saturated heterocycles. The number of alkyl halides is 3. The number of carboxylic acid groups (broad SMARTS) is 1. The van der Waals surface area contributed by atoms with Gasteiger partial charge in [0.1, 0.15) is 0 Å². The first-order valence-corrected chi connectivity index (χ1v) is 5.14. The number of halogens is 3. The summed E-state index contributed by atoms with van der Waals surface area (Å²) in [5.41, 5.74) is 0. The smallest absolute Gasteiger partial charge is 0.475 e. The Morgan fingerprint density at radius 2 is 2.17 bits per heavy atom. The quantitative estimate of drug-likeness (QED) is 0.800. The number of nitrogens with one attached hydrogen (secondary N) is 1. The van der Waals surface area contributed by atoms with Gasteiger partial charge in [0.2, 0.25) is 5.89 Å². The summed E-state index contributed by atoms with van der Waals surface area (Å²) in [6, 6.07) is 0.302. The van der Waals surface area contributed by atoms with Crippen LogP contribution in [0.2, 0.25) is 0 Å². The van der Waals surface area contributed by atoms with Crippen LogP contribution in [-0.2, 0) is 4.79 Å². The van der Waals surface area contributed by atoms with Crippen LogP contribution >= 0.6 is 0 Å². The van der Waals surface area contributed by atoms with Gasteiger partial charge in [-0.2, -0.15) is 18.2 Å². The van der Waals surface area contributed by atoms with Crippen molar-refractivity contribution in [3.8, 4) is 0 Å². The molecule has 0 radical (unpaired) electrons. The van der Waals surface area contributed by atoms with Gasteiger partial charge >= 0.3 is 12.1 Å². The minimum atomic E-state index is -5.08. The normalized spacial score (nSPS) is 19.2. The summed E-state index contributed by atoms with van der Waals surface area (Å²) in [6.45, 7) is 2.90. The highest BCUT2D eigenvalue weighted by Gasteiger charge is 2.38. The monoisotopic (exact) mass is 267 g/mol. The zero-order chi connectivity index (χ0) is 13.8. The summed E-state index contributed by atoms with van der Waals surface area (Å²) in [5.74, 6) is -1.30. The molecule has 1 aliphatic rings. The lowest BCUT2D eigenvalue weighted by atomic mass is 10.2. The third-order valence-electron chi connectivity index (χ3n) is 2.14. The highest BCUT2D eigenvalue weighted by Crippen LogP contribution is 2.20. The van der Waals surface area contributed by atoms with Crippen LogP contribution in [0.5, 0.6) is 0 Å². The second-order valence-electron chi connectivity index (χ2n) is 3.63. The number of aryl methyl sites for hydroxylation is 1. The number of hydrogen-bond donors (Lipinski definition) is 2. The molecule has 102 valence electrons. The third-order valence-corrected chi connectivity index (χ3v) is 2.14. The van der Waals surface area contributed by atoms with Crippen molar-refractivity contribution >= 4 is 5.97 Å². The van der Waals surface area contributed by atoms with E-state index in [1.54, 1.807) is 0 Å². The molecule has 1 unspecified atom stereocenters. The molecule has 0 aliphatic carbocycles. The van der Waals surface area contributed by atoms with Crippen molar-refractivity contribution in [3.05, 3.63) is 11.7 Å². The molecule has 1 aromatic heterocycles. The molecule has 0 spiro atoms. The van der Waals surface area contributed by atoms with E-state index in [-0.39, 0.29) is 0 Å². The van der Waals surface area contributed by atoms with Crippen molar-refractivity contribution in [2.45, 2.75) is 32.0 Å². The van der Waals surface area contributed by atoms with Gasteiger partial charge < -0.3 is 14.9 Å². The number of rotatable bonds is 1. The fourth-order valence-corrected chi connectivity index (χ4v) is 1.35. The van der Waals surface area contributed by atoms with Gasteiger partial charge in [-0.1, -0.05) is 5.16 Å². The molecule has 9 heteroatoms. The fraction of sp³-hybridized carbons (Fsp3) is 0.667. The predicted octanol–water partition coefficient (Wildman–Crippen LogP) is 1.44. The summed E-state index contributed by atoms with van der Waals surface area (Å²) in [5, 5.41) is 14.2. The van der Waals surface area contributed by atoms with Crippen molar-refractivity contribution in [3.63, 3.8) is 0 Å². The van der Waals surface area contributed by atoms with Crippen LogP contribution in [0.25, 0.3) is 0 Å². The van der Waals surface area contributed by atoms with E-state index in [9.17, 15) is 13.2 Å². The van der Waals surface area contributed by atoms with Crippen molar-refractivity contribution in [1.82, 2.24) is 15.5 Å². The Kier molecular flexibility index (Phi) is 4.65. The Labute approximate surface area is 100 Å². The van der Waals surface area contributed by atoms with E-state index >= 15 is 0 Å². The van der Waals surface area contributed by atoms with Gasteiger partial charge in [-0.05, 0) is 26.3 Å². The van der Waals surface area contributed by atoms with E-state index in [1.165, 1.54) is 6.42 Å². The van der Waals surface area contributed by atoms with Gasteiger partial charge in [0.25, 0.3) is 0 Å². The minimum absolute atomic E-state index is 0.302. The molecule has 1 atom stereocenters. The summed E-state index contributed by atoms with van der Waals surface area (Å²) >= 11 is 0. The SMILES string of the molecule is Cc1noc(C2CCCN2)n1.O=C(O)C(F)(F)F. The molecule has 0 bridgehead atoms. The van der Waals surface area contributed by atoms with E-state index in [4.69, 9.17) is 14.4 Å². The molecular weight excluding hydrogens is 255 g/mol. The Balaban J connectivity index is 0.000000203. The highest BCUT2D eigenvalue weighted by molar-refractivity contribution is 5.73. The standard InChI is InChI=1S/C7H11N3O.C2HF3O2/c1-5-9-7(11-10-5)6-3-2-4-8-6;3-2(4,5)1(6)7/h6,8H,2-4H2,1H3;(H,6,7). The van der Waals surface area contributed by atoms with Gasteiger partial charge in [-0.15, -0.1) is 0 Å². The Morgan fingerprint density at radius 3 is 2.50 bits per heavy atom. The Hall–Kier alpha value is -1.64. The molecule has 0 amide bonds. The molecule has 6 nitrogen and oxygen atoms in total. The van der Waals surface area contributed by atoms with Gasteiger partial charge in [0, 0.05) is 0 Å². The molecule has 0 saturated carbocycles. The molecular formula is C9H12F3N3O3. The molecule has 1 aromatic rings. The maximum Gasteiger partial charge on any atom is 0.490 e. The Morgan fingerprint density at radius 1 is 1.56 bits per heavy atom. The first-order valence-electron chi connectivity index (χ1n) is 5.14. The van der Waals surface area contributed by atoms with E-state index < -0.39 is 12.1 Å². The number of nitrogens with zero attached hydrogens (tertiary/aromatic N) is 2. The van der Waals surface area contributed by atoms with Crippen LogP contribution in [-0.4, -0.2) is 33.9 Å². The van der Waals surface area contributed by atoms with Crippen LogP contribution in [0.1, 0.15) is 30.6 Å². The zero-order valence-corrected chi connectivity index (χ0v) is 9.49. The van der Waals surface area contributed by atoms with E-state index in [1.807, 2.05) is 6.92 Å². The summed E-state index contributed by atoms with van der Waals surface area (Å²) in [4.78, 5) is 13.0. The second kappa shape index (κ2) is 5.80. The fourth-order valence-electron chi connectivity index (χ4n) is 1.35. The van der Waals surface area contributed by atoms with Crippen LogP contribution in [0.4, 0.5) is 13.2 Å². The topological polar surface area (TPSA) is 88.3 Å². The minimum Gasteiger partial charge on any atom is -0.475 e. The maximum absolute atomic E-state index is 10.6. The number of hydrogen-bond acceptors (Lipinski definition) is 5. The Bertz CT molecular complexity index is 399. The van der Waals surface area contributed by atoms with Crippen LogP contribution in [0, 0.1) is 6.92 Å². The summed E-state index contributed by atoms with van der Waals surface area (Å²) < 4.78 is 36.8. The maximum atomic E-state index is 10.6. The van der Waals surface area contributed by atoms with E-state index in [0.717, 1.165) is 18.9 Å². The number of aliphatic carboxylic acids is 1. The zero-order valence-electron chi connectivity index (χ0n) is 9.49. The lowest BCUT2D eigenvalue weighted by Crippen LogP contribution is -2.21. The van der Waals surface area contributed by atoms with E-state index in [2.05, 4.69) is 15.5 Å². The number of carbonyl (C=O) groups is 1. The van der Waals surface area contributed by atoms with E-state index in [0.29, 0.717) is 11.9 Å². The van der Waals surface area contributed by atoms with Gasteiger partial charge in [0.15, 0.2) is 5.82 Å². The first kappa shape index (κ1) is 14.4. The van der Waals surface area contributed by atoms with Crippen molar-refractivity contribution in [2.24, 2.45) is 0 Å². The third kappa shape index (κ3) is 4.32. The molecule has 1 aliphatic heterocycles.